The SMILES string of the molecule is Fc1ccc(Cn2cc(CNC3CCCCCC3)nn2)cc1. The molecule has 22 heavy (non-hydrogen) atoms. The van der Waals surface area contributed by atoms with Crippen LogP contribution >= 0.6 is 0 Å². The van der Waals surface area contributed by atoms with Crippen molar-refractivity contribution in [3.05, 3.63) is 47.5 Å². The third-order valence-corrected chi connectivity index (χ3v) is 4.27. The third kappa shape index (κ3) is 4.37. The van der Waals surface area contributed by atoms with Gasteiger partial charge < -0.3 is 5.32 Å². The quantitative estimate of drug-likeness (QED) is 0.862. The highest BCUT2D eigenvalue weighted by Gasteiger charge is 2.12. The van der Waals surface area contributed by atoms with Crippen LogP contribution in [0.1, 0.15) is 49.8 Å². The molecule has 0 amide bonds. The lowest BCUT2D eigenvalue weighted by Crippen LogP contribution is -2.28. The molecule has 118 valence electrons. The standard InChI is InChI=1S/C17H23FN4/c18-15-9-7-14(8-10-15)12-22-13-17(20-21-22)11-19-16-5-3-1-2-4-6-16/h7-10,13,16,19H,1-6,11-12H2. The van der Waals surface area contributed by atoms with Gasteiger partial charge in [-0.15, -0.1) is 5.10 Å². The molecule has 3 rings (SSSR count). The van der Waals surface area contributed by atoms with Crippen LogP contribution in [0.25, 0.3) is 0 Å². The average molecular weight is 302 g/mol. The van der Waals surface area contributed by atoms with Gasteiger partial charge in [0.1, 0.15) is 5.82 Å². The van der Waals surface area contributed by atoms with Gasteiger partial charge in [-0.05, 0) is 30.5 Å². The second kappa shape index (κ2) is 7.49. The lowest BCUT2D eigenvalue weighted by molar-refractivity contribution is 0.456. The minimum Gasteiger partial charge on any atom is -0.308 e. The van der Waals surface area contributed by atoms with E-state index in [-0.39, 0.29) is 5.82 Å². The summed E-state index contributed by atoms with van der Waals surface area (Å²) in [6.45, 7) is 1.39. The predicted molar refractivity (Wildman–Crippen MR) is 83.9 cm³/mol. The van der Waals surface area contributed by atoms with Gasteiger partial charge in [-0.2, -0.15) is 0 Å². The summed E-state index contributed by atoms with van der Waals surface area (Å²) in [4.78, 5) is 0. The lowest BCUT2D eigenvalue weighted by Gasteiger charge is -2.14. The molecule has 1 fully saturated rings. The van der Waals surface area contributed by atoms with Gasteiger partial charge in [-0.3, -0.25) is 0 Å². The van der Waals surface area contributed by atoms with Gasteiger partial charge in [0, 0.05) is 12.6 Å². The molecule has 1 saturated carbocycles. The van der Waals surface area contributed by atoms with E-state index < -0.39 is 0 Å². The van der Waals surface area contributed by atoms with Crippen LogP contribution in [0.4, 0.5) is 4.39 Å². The first-order valence-electron chi connectivity index (χ1n) is 8.16. The first-order valence-corrected chi connectivity index (χ1v) is 8.16. The summed E-state index contributed by atoms with van der Waals surface area (Å²) in [5.74, 6) is -0.212. The molecule has 0 radical (unpaired) electrons. The monoisotopic (exact) mass is 302 g/mol. The molecular weight excluding hydrogens is 279 g/mol. The molecule has 0 aliphatic heterocycles. The summed E-state index contributed by atoms with van der Waals surface area (Å²) in [6, 6.07) is 7.12. The van der Waals surface area contributed by atoms with Crippen molar-refractivity contribution in [1.82, 2.24) is 20.3 Å². The summed E-state index contributed by atoms with van der Waals surface area (Å²) in [5, 5.41) is 12.0. The summed E-state index contributed by atoms with van der Waals surface area (Å²) < 4.78 is 14.7. The summed E-state index contributed by atoms with van der Waals surface area (Å²) >= 11 is 0. The Hall–Kier alpha value is -1.75. The Labute approximate surface area is 130 Å². The van der Waals surface area contributed by atoms with E-state index in [0.29, 0.717) is 12.6 Å². The number of hydrogen-bond acceptors (Lipinski definition) is 3. The maximum Gasteiger partial charge on any atom is 0.123 e. The van der Waals surface area contributed by atoms with E-state index in [1.165, 1.54) is 50.7 Å². The predicted octanol–water partition coefficient (Wildman–Crippen LogP) is 3.28. The topological polar surface area (TPSA) is 42.7 Å². The highest BCUT2D eigenvalue weighted by atomic mass is 19.1. The van der Waals surface area contributed by atoms with Crippen molar-refractivity contribution in [3.8, 4) is 0 Å². The van der Waals surface area contributed by atoms with Crippen molar-refractivity contribution in [2.24, 2.45) is 0 Å². The van der Waals surface area contributed by atoms with E-state index in [9.17, 15) is 4.39 Å². The minimum atomic E-state index is -0.212. The summed E-state index contributed by atoms with van der Waals surface area (Å²) in [5.41, 5.74) is 1.99. The zero-order chi connectivity index (χ0) is 15.2. The summed E-state index contributed by atoms with van der Waals surface area (Å²) in [6.07, 6.45) is 9.89. The second-order valence-corrected chi connectivity index (χ2v) is 6.10. The van der Waals surface area contributed by atoms with E-state index in [1.807, 2.05) is 6.20 Å². The van der Waals surface area contributed by atoms with Gasteiger partial charge in [0.25, 0.3) is 0 Å². The molecule has 1 aliphatic rings. The molecule has 0 unspecified atom stereocenters. The molecule has 0 spiro atoms. The molecule has 2 aromatic rings. The number of hydrogen-bond donors (Lipinski definition) is 1. The number of benzene rings is 1. The Balaban J connectivity index is 1.51. The lowest BCUT2D eigenvalue weighted by atomic mass is 10.1. The molecule has 1 aliphatic carbocycles. The number of aromatic nitrogens is 3. The molecule has 4 nitrogen and oxygen atoms in total. The fraction of sp³-hybridized carbons (Fsp3) is 0.529. The van der Waals surface area contributed by atoms with Crippen molar-refractivity contribution in [1.29, 1.82) is 0 Å². The largest absolute Gasteiger partial charge is 0.308 e. The first-order chi connectivity index (χ1) is 10.8. The van der Waals surface area contributed by atoms with Crippen LogP contribution in [-0.4, -0.2) is 21.0 Å². The highest BCUT2D eigenvalue weighted by Crippen LogP contribution is 2.17. The number of nitrogens with one attached hydrogen (secondary N) is 1. The Kier molecular flexibility index (Phi) is 5.16. The van der Waals surface area contributed by atoms with Crippen LogP contribution in [0.5, 0.6) is 0 Å². The fourth-order valence-corrected chi connectivity index (χ4v) is 3.01. The maximum atomic E-state index is 12.9. The van der Waals surface area contributed by atoms with Crippen molar-refractivity contribution in [3.63, 3.8) is 0 Å². The van der Waals surface area contributed by atoms with Crippen LogP contribution in [0.3, 0.4) is 0 Å². The van der Waals surface area contributed by atoms with Crippen molar-refractivity contribution in [2.75, 3.05) is 0 Å². The molecule has 0 atom stereocenters. The van der Waals surface area contributed by atoms with E-state index in [0.717, 1.165) is 17.8 Å². The molecule has 1 aromatic heterocycles. The van der Waals surface area contributed by atoms with E-state index in [1.54, 1.807) is 16.8 Å². The van der Waals surface area contributed by atoms with Gasteiger partial charge in [-0.1, -0.05) is 43.0 Å². The molecule has 0 saturated heterocycles. The zero-order valence-electron chi connectivity index (χ0n) is 12.8. The van der Waals surface area contributed by atoms with Crippen molar-refractivity contribution < 1.29 is 4.39 Å². The second-order valence-electron chi connectivity index (χ2n) is 6.10. The van der Waals surface area contributed by atoms with Gasteiger partial charge >= 0.3 is 0 Å². The Morgan fingerprint density at radius 1 is 1.09 bits per heavy atom. The average Bonchev–Trinajstić information content (AvgIpc) is 2.81. The molecular formula is C17H23FN4. The van der Waals surface area contributed by atoms with Gasteiger partial charge in [0.2, 0.25) is 0 Å². The molecule has 1 N–H and O–H groups in total. The van der Waals surface area contributed by atoms with Crippen molar-refractivity contribution in [2.45, 2.75) is 57.7 Å². The summed E-state index contributed by atoms with van der Waals surface area (Å²) in [7, 11) is 0. The number of rotatable bonds is 5. The van der Waals surface area contributed by atoms with Gasteiger partial charge in [-0.25, -0.2) is 9.07 Å². The van der Waals surface area contributed by atoms with Crippen LogP contribution in [0.15, 0.2) is 30.5 Å². The molecule has 1 heterocycles. The highest BCUT2D eigenvalue weighted by molar-refractivity contribution is 5.16. The van der Waals surface area contributed by atoms with Gasteiger partial charge in [0.15, 0.2) is 0 Å². The van der Waals surface area contributed by atoms with Crippen LogP contribution in [0, 0.1) is 5.82 Å². The first kappa shape index (κ1) is 15.2. The smallest absolute Gasteiger partial charge is 0.123 e. The Morgan fingerprint density at radius 2 is 1.82 bits per heavy atom. The molecule has 0 bridgehead atoms. The fourth-order valence-electron chi connectivity index (χ4n) is 3.01. The van der Waals surface area contributed by atoms with E-state index in [4.69, 9.17) is 0 Å². The number of nitrogens with zero attached hydrogens (tertiary/aromatic N) is 3. The van der Waals surface area contributed by atoms with Crippen molar-refractivity contribution >= 4 is 0 Å². The van der Waals surface area contributed by atoms with Crippen LogP contribution in [-0.2, 0) is 13.1 Å². The number of halogens is 1. The van der Waals surface area contributed by atoms with E-state index in [2.05, 4.69) is 15.6 Å². The Bertz CT molecular complexity index is 571. The zero-order valence-corrected chi connectivity index (χ0v) is 12.8. The van der Waals surface area contributed by atoms with Gasteiger partial charge in [0.05, 0.1) is 18.4 Å². The normalized spacial score (nSPS) is 16.6. The third-order valence-electron chi connectivity index (χ3n) is 4.27. The molecule has 5 heteroatoms. The molecule has 1 aromatic carbocycles. The maximum absolute atomic E-state index is 12.9. The van der Waals surface area contributed by atoms with Crippen LogP contribution in [0.2, 0.25) is 0 Å². The van der Waals surface area contributed by atoms with Crippen LogP contribution < -0.4 is 5.32 Å². The van der Waals surface area contributed by atoms with E-state index >= 15 is 0 Å². The minimum absolute atomic E-state index is 0.212. The Morgan fingerprint density at radius 3 is 2.55 bits per heavy atom.